The summed E-state index contributed by atoms with van der Waals surface area (Å²) in [6.07, 6.45) is 4.72. The highest BCUT2D eigenvalue weighted by molar-refractivity contribution is 5.75. The van der Waals surface area contributed by atoms with E-state index in [9.17, 15) is 4.79 Å². The van der Waals surface area contributed by atoms with E-state index in [0.29, 0.717) is 5.92 Å². The van der Waals surface area contributed by atoms with Crippen molar-refractivity contribution in [2.24, 2.45) is 11.0 Å². The first-order chi connectivity index (χ1) is 9.26. The van der Waals surface area contributed by atoms with E-state index in [-0.39, 0.29) is 12.1 Å². The molecule has 1 atom stereocenters. The first-order valence-corrected chi connectivity index (χ1v) is 7.55. The van der Waals surface area contributed by atoms with Crippen molar-refractivity contribution in [1.29, 1.82) is 0 Å². The van der Waals surface area contributed by atoms with Gasteiger partial charge in [0.25, 0.3) is 0 Å². The predicted octanol–water partition coefficient (Wildman–Crippen LogP) is 3.01. The zero-order valence-electron chi connectivity index (χ0n) is 13.5. The van der Waals surface area contributed by atoms with Crippen LogP contribution >= 0.6 is 0 Å². The average molecular weight is 283 g/mol. The number of alkyl carbamates (subject to hydrolysis) is 1. The van der Waals surface area contributed by atoms with E-state index in [1.165, 1.54) is 12.8 Å². The summed E-state index contributed by atoms with van der Waals surface area (Å²) in [6.45, 7) is 11.9. The van der Waals surface area contributed by atoms with Crippen LogP contribution in [0.1, 0.15) is 53.9 Å². The van der Waals surface area contributed by atoms with E-state index < -0.39 is 5.60 Å². The van der Waals surface area contributed by atoms with Gasteiger partial charge in [-0.05, 0) is 46.0 Å². The van der Waals surface area contributed by atoms with Crippen LogP contribution in [0.2, 0.25) is 0 Å². The molecule has 1 saturated heterocycles. The van der Waals surface area contributed by atoms with E-state index in [1.807, 2.05) is 27.0 Å². The van der Waals surface area contributed by atoms with Crippen LogP contribution in [0.4, 0.5) is 4.79 Å². The second kappa shape index (κ2) is 7.50. The summed E-state index contributed by atoms with van der Waals surface area (Å²) in [7, 11) is 0. The minimum Gasteiger partial charge on any atom is -0.444 e. The van der Waals surface area contributed by atoms with Crippen LogP contribution in [0.15, 0.2) is 5.10 Å². The molecule has 0 unspecified atom stereocenters. The molecule has 1 rings (SSSR count). The molecule has 5 nitrogen and oxygen atoms in total. The fourth-order valence-corrected chi connectivity index (χ4v) is 2.11. The van der Waals surface area contributed by atoms with Gasteiger partial charge in [0.05, 0.1) is 6.04 Å². The lowest BCUT2D eigenvalue weighted by molar-refractivity contribution is 0.0515. The minimum atomic E-state index is -0.474. The highest BCUT2D eigenvalue weighted by Crippen LogP contribution is 2.10. The summed E-state index contributed by atoms with van der Waals surface area (Å²) in [5, 5.41) is 9.42. The molecule has 0 spiro atoms. The molecule has 5 heteroatoms. The molecule has 1 heterocycles. The molecule has 0 aliphatic carbocycles. The van der Waals surface area contributed by atoms with Crippen molar-refractivity contribution < 1.29 is 9.53 Å². The molecule has 0 aromatic rings. The molecular weight excluding hydrogens is 254 g/mol. The van der Waals surface area contributed by atoms with E-state index in [4.69, 9.17) is 4.74 Å². The highest BCUT2D eigenvalue weighted by atomic mass is 16.6. The van der Waals surface area contributed by atoms with Gasteiger partial charge in [-0.1, -0.05) is 13.8 Å². The van der Waals surface area contributed by atoms with E-state index in [2.05, 4.69) is 29.3 Å². The fraction of sp³-hybridized carbons (Fsp3) is 0.867. The second-order valence-corrected chi connectivity index (χ2v) is 6.81. The number of carbonyl (C=O) groups is 1. The van der Waals surface area contributed by atoms with Gasteiger partial charge in [-0.2, -0.15) is 5.10 Å². The number of ether oxygens (including phenoxy) is 1. The fourth-order valence-electron chi connectivity index (χ4n) is 2.11. The van der Waals surface area contributed by atoms with Crippen molar-refractivity contribution in [2.45, 2.75) is 65.5 Å². The van der Waals surface area contributed by atoms with Crippen molar-refractivity contribution in [2.75, 3.05) is 13.1 Å². The zero-order chi connectivity index (χ0) is 15.2. The molecular formula is C15H29N3O2. The van der Waals surface area contributed by atoms with Crippen LogP contribution in [0.3, 0.4) is 0 Å². The van der Waals surface area contributed by atoms with Crippen LogP contribution in [0.25, 0.3) is 0 Å². The Morgan fingerprint density at radius 3 is 2.45 bits per heavy atom. The van der Waals surface area contributed by atoms with Gasteiger partial charge in [0.2, 0.25) is 0 Å². The monoisotopic (exact) mass is 283 g/mol. The Morgan fingerprint density at radius 2 is 1.95 bits per heavy atom. The van der Waals surface area contributed by atoms with Gasteiger partial charge < -0.3 is 10.1 Å². The Hall–Kier alpha value is -1.26. The third-order valence-corrected chi connectivity index (χ3v) is 2.92. The Morgan fingerprint density at radius 1 is 1.35 bits per heavy atom. The first kappa shape index (κ1) is 16.8. The lowest BCUT2D eigenvalue weighted by Gasteiger charge is -2.23. The van der Waals surface area contributed by atoms with Crippen molar-refractivity contribution in [3.8, 4) is 0 Å². The number of rotatable bonds is 5. The molecule has 1 aliphatic heterocycles. The number of carbonyl (C=O) groups excluding carboxylic acids is 1. The summed E-state index contributed by atoms with van der Waals surface area (Å²) in [5.41, 5.74) is -0.474. The van der Waals surface area contributed by atoms with Crippen molar-refractivity contribution >= 4 is 12.3 Å². The lowest BCUT2D eigenvalue weighted by Crippen LogP contribution is -2.41. The van der Waals surface area contributed by atoms with Crippen molar-refractivity contribution in [1.82, 2.24) is 10.3 Å². The molecule has 0 bridgehead atoms. The molecule has 116 valence electrons. The van der Waals surface area contributed by atoms with Gasteiger partial charge in [-0.25, -0.2) is 4.79 Å². The zero-order valence-corrected chi connectivity index (χ0v) is 13.5. The van der Waals surface area contributed by atoms with Crippen LogP contribution in [-0.4, -0.2) is 42.0 Å². The maximum atomic E-state index is 11.8. The molecule has 1 N–H and O–H groups in total. The third kappa shape index (κ3) is 7.36. The Kier molecular flexibility index (Phi) is 6.30. The van der Waals surface area contributed by atoms with Crippen LogP contribution in [-0.2, 0) is 4.74 Å². The number of hydrazone groups is 1. The SMILES string of the molecule is CC(C)C[C@@H](/C=N/N1CCCC1)NC(=O)OC(C)(C)C. The molecule has 0 aromatic heterocycles. The maximum Gasteiger partial charge on any atom is 0.408 e. The van der Waals surface area contributed by atoms with Gasteiger partial charge in [-0.3, -0.25) is 5.01 Å². The van der Waals surface area contributed by atoms with Gasteiger partial charge in [0, 0.05) is 19.3 Å². The van der Waals surface area contributed by atoms with Crippen molar-refractivity contribution in [3.63, 3.8) is 0 Å². The largest absolute Gasteiger partial charge is 0.444 e. The number of nitrogens with zero attached hydrogens (tertiary/aromatic N) is 2. The Labute approximate surface area is 122 Å². The van der Waals surface area contributed by atoms with E-state index in [1.54, 1.807) is 0 Å². The van der Waals surface area contributed by atoms with Crippen molar-refractivity contribution in [3.05, 3.63) is 0 Å². The second-order valence-electron chi connectivity index (χ2n) is 6.81. The quantitative estimate of drug-likeness (QED) is 0.789. The topological polar surface area (TPSA) is 53.9 Å². The molecule has 1 amide bonds. The molecule has 0 saturated carbocycles. The smallest absolute Gasteiger partial charge is 0.408 e. The van der Waals surface area contributed by atoms with Gasteiger partial charge >= 0.3 is 6.09 Å². The van der Waals surface area contributed by atoms with Crippen LogP contribution < -0.4 is 5.32 Å². The Bertz CT molecular complexity index is 329. The first-order valence-electron chi connectivity index (χ1n) is 7.55. The third-order valence-electron chi connectivity index (χ3n) is 2.92. The van der Waals surface area contributed by atoms with E-state index in [0.717, 1.165) is 19.5 Å². The number of amides is 1. The standard InChI is InChI=1S/C15H29N3O2/c1-12(2)10-13(11-16-18-8-6-7-9-18)17-14(19)20-15(3,4)5/h11-13H,6-10H2,1-5H3,(H,17,19)/b16-11+/t13-/m0/s1. The number of hydrogen-bond donors (Lipinski definition) is 1. The molecule has 1 aliphatic rings. The van der Waals surface area contributed by atoms with E-state index >= 15 is 0 Å². The van der Waals surface area contributed by atoms with Gasteiger partial charge in [0.1, 0.15) is 5.60 Å². The van der Waals surface area contributed by atoms with Gasteiger partial charge in [0.15, 0.2) is 0 Å². The normalized spacial score (nSPS) is 17.8. The Balaban J connectivity index is 2.52. The summed E-state index contributed by atoms with van der Waals surface area (Å²) in [6, 6.07) is -0.0783. The molecule has 0 aromatic carbocycles. The summed E-state index contributed by atoms with van der Waals surface area (Å²) in [4.78, 5) is 11.8. The molecule has 1 fully saturated rings. The summed E-state index contributed by atoms with van der Waals surface area (Å²) >= 11 is 0. The van der Waals surface area contributed by atoms with Gasteiger partial charge in [-0.15, -0.1) is 0 Å². The average Bonchev–Trinajstić information content (AvgIpc) is 2.74. The summed E-state index contributed by atoms with van der Waals surface area (Å²) < 4.78 is 5.30. The summed E-state index contributed by atoms with van der Waals surface area (Å²) in [5.74, 6) is 0.486. The minimum absolute atomic E-state index is 0.0783. The van der Waals surface area contributed by atoms with Crippen LogP contribution in [0.5, 0.6) is 0 Å². The maximum absolute atomic E-state index is 11.8. The number of hydrogen-bond acceptors (Lipinski definition) is 4. The van der Waals surface area contributed by atoms with Crippen LogP contribution in [0, 0.1) is 5.92 Å². The lowest BCUT2D eigenvalue weighted by atomic mass is 10.1. The predicted molar refractivity (Wildman–Crippen MR) is 81.9 cm³/mol. The molecule has 0 radical (unpaired) electrons. The molecule has 20 heavy (non-hydrogen) atoms. The number of nitrogens with one attached hydrogen (secondary N) is 1. The highest BCUT2D eigenvalue weighted by Gasteiger charge is 2.19.